The molecule has 0 aromatic rings. The van der Waals surface area contributed by atoms with E-state index in [0.717, 1.165) is 38.8 Å². The lowest BCUT2D eigenvalue weighted by molar-refractivity contribution is 0.0764. The molecule has 2 rings (SSSR count). The first kappa shape index (κ1) is 16.2. The Hall–Kier alpha value is -0.160. The molecule has 1 atom stereocenters. The van der Waals surface area contributed by atoms with Crippen LogP contribution in [0.15, 0.2) is 0 Å². The summed E-state index contributed by atoms with van der Waals surface area (Å²) in [6, 6.07) is 0.813. The van der Waals surface area contributed by atoms with Gasteiger partial charge in [-0.3, -0.25) is 4.90 Å². The van der Waals surface area contributed by atoms with E-state index >= 15 is 0 Å². The van der Waals surface area contributed by atoms with Gasteiger partial charge in [0.25, 0.3) is 0 Å². The van der Waals surface area contributed by atoms with Crippen molar-refractivity contribution < 1.29 is 5.11 Å². The summed E-state index contributed by atoms with van der Waals surface area (Å²) in [6.07, 6.45) is 5.33. The van der Waals surface area contributed by atoms with Gasteiger partial charge in [-0.05, 0) is 24.7 Å². The SMILES string of the molecule is CCCC(C)(CNC1CC1)CN1CCN(CCO)CC1. The topological polar surface area (TPSA) is 38.7 Å². The van der Waals surface area contributed by atoms with Crippen LogP contribution in [0, 0.1) is 5.41 Å². The lowest BCUT2D eigenvalue weighted by Crippen LogP contribution is -2.51. The van der Waals surface area contributed by atoms with Gasteiger partial charge < -0.3 is 15.3 Å². The van der Waals surface area contributed by atoms with Crippen molar-refractivity contribution in [3.63, 3.8) is 0 Å². The highest BCUT2D eigenvalue weighted by Crippen LogP contribution is 2.27. The molecule has 1 heterocycles. The van der Waals surface area contributed by atoms with Crippen molar-refractivity contribution in [3.05, 3.63) is 0 Å². The van der Waals surface area contributed by atoms with Crippen LogP contribution < -0.4 is 5.32 Å². The summed E-state index contributed by atoms with van der Waals surface area (Å²) in [7, 11) is 0. The number of piperazine rings is 1. The van der Waals surface area contributed by atoms with Gasteiger partial charge in [-0.2, -0.15) is 0 Å². The van der Waals surface area contributed by atoms with E-state index in [2.05, 4.69) is 29.0 Å². The van der Waals surface area contributed by atoms with Gasteiger partial charge in [-0.1, -0.05) is 20.3 Å². The van der Waals surface area contributed by atoms with Crippen LogP contribution in [0.5, 0.6) is 0 Å². The maximum absolute atomic E-state index is 9.01. The van der Waals surface area contributed by atoms with Crippen LogP contribution in [0.1, 0.15) is 39.5 Å². The maximum atomic E-state index is 9.01. The molecule has 20 heavy (non-hydrogen) atoms. The van der Waals surface area contributed by atoms with Gasteiger partial charge in [0, 0.05) is 51.9 Å². The number of aliphatic hydroxyl groups excluding tert-OH is 1. The monoisotopic (exact) mass is 283 g/mol. The van der Waals surface area contributed by atoms with Gasteiger partial charge in [-0.15, -0.1) is 0 Å². The Kier molecular flexibility index (Phi) is 6.27. The molecule has 0 amide bonds. The number of nitrogens with one attached hydrogen (secondary N) is 1. The summed E-state index contributed by atoms with van der Waals surface area (Å²) < 4.78 is 0. The van der Waals surface area contributed by atoms with Crippen LogP contribution in [0.25, 0.3) is 0 Å². The molecule has 0 spiro atoms. The van der Waals surface area contributed by atoms with E-state index in [1.807, 2.05) is 0 Å². The number of nitrogens with zero attached hydrogens (tertiary/aromatic N) is 2. The highest BCUT2D eigenvalue weighted by atomic mass is 16.3. The second-order valence-corrected chi connectivity index (χ2v) is 7.06. The number of β-amino-alcohol motifs (C(OH)–C–C–N with tert-alkyl or cyclic N) is 1. The van der Waals surface area contributed by atoms with Crippen molar-refractivity contribution in [1.82, 2.24) is 15.1 Å². The van der Waals surface area contributed by atoms with Gasteiger partial charge >= 0.3 is 0 Å². The van der Waals surface area contributed by atoms with E-state index < -0.39 is 0 Å². The quantitative estimate of drug-likeness (QED) is 0.666. The van der Waals surface area contributed by atoms with E-state index in [1.165, 1.54) is 38.8 Å². The summed E-state index contributed by atoms with van der Waals surface area (Å²) in [5.74, 6) is 0. The first-order valence-electron chi connectivity index (χ1n) is 8.44. The molecule has 0 aromatic carbocycles. The molecule has 2 aliphatic rings. The minimum atomic E-state index is 0.291. The largest absolute Gasteiger partial charge is 0.395 e. The first-order chi connectivity index (χ1) is 9.65. The Morgan fingerprint density at radius 1 is 1.15 bits per heavy atom. The predicted molar refractivity (Wildman–Crippen MR) is 84.0 cm³/mol. The third-order valence-corrected chi connectivity index (χ3v) is 4.73. The van der Waals surface area contributed by atoms with Crippen molar-refractivity contribution >= 4 is 0 Å². The second-order valence-electron chi connectivity index (χ2n) is 7.06. The number of hydrogen-bond donors (Lipinski definition) is 2. The highest BCUT2D eigenvalue weighted by molar-refractivity contribution is 4.88. The van der Waals surface area contributed by atoms with Crippen LogP contribution in [0.4, 0.5) is 0 Å². The average Bonchev–Trinajstić information content (AvgIpc) is 3.24. The zero-order valence-corrected chi connectivity index (χ0v) is 13.4. The number of hydrogen-bond acceptors (Lipinski definition) is 4. The Balaban J connectivity index is 1.75. The second kappa shape index (κ2) is 7.74. The Morgan fingerprint density at radius 2 is 1.80 bits per heavy atom. The fourth-order valence-electron chi connectivity index (χ4n) is 3.36. The lowest BCUT2D eigenvalue weighted by Gasteiger charge is -2.40. The molecule has 2 fully saturated rings. The fourth-order valence-corrected chi connectivity index (χ4v) is 3.36. The van der Waals surface area contributed by atoms with Crippen LogP contribution in [0.3, 0.4) is 0 Å². The smallest absolute Gasteiger partial charge is 0.0558 e. The van der Waals surface area contributed by atoms with Crippen molar-refractivity contribution in [2.24, 2.45) is 5.41 Å². The van der Waals surface area contributed by atoms with Crippen LogP contribution in [0.2, 0.25) is 0 Å². The average molecular weight is 283 g/mol. The number of aliphatic hydroxyl groups is 1. The summed E-state index contributed by atoms with van der Waals surface area (Å²) >= 11 is 0. The minimum Gasteiger partial charge on any atom is -0.395 e. The van der Waals surface area contributed by atoms with E-state index in [0.29, 0.717) is 12.0 Å². The van der Waals surface area contributed by atoms with Gasteiger partial charge in [0.2, 0.25) is 0 Å². The molecule has 1 unspecified atom stereocenters. The van der Waals surface area contributed by atoms with E-state index in [4.69, 9.17) is 5.11 Å². The summed E-state index contributed by atoms with van der Waals surface area (Å²) in [5, 5.41) is 12.7. The zero-order valence-electron chi connectivity index (χ0n) is 13.4. The number of rotatable bonds is 9. The zero-order chi connectivity index (χ0) is 14.4. The summed E-state index contributed by atoms with van der Waals surface area (Å²) in [6.45, 7) is 12.8. The van der Waals surface area contributed by atoms with E-state index in [9.17, 15) is 0 Å². The Labute approximate surface area is 124 Å². The Bertz CT molecular complexity index is 275. The molecule has 0 bridgehead atoms. The van der Waals surface area contributed by atoms with Crippen LogP contribution in [-0.4, -0.2) is 73.4 Å². The standard InChI is InChI=1S/C16H33N3O/c1-3-6-16(2,13-17-15-4-5-15)14-19-9-7-18(8-10-19)11-12-20/h15,17,20H,3-14H2,1-2H3. The third kappa shape index (κ3) is 5.32. The highest BCUT2D eigenvalue weighted by Gasteiger charge is 2.30. The molecule has 1 saturated carbocycles. The molecule has 4 heteroatoms. The van der Waals surface area contributed by atoms with Gasteiger partial charge in [0.05, 0.1) is 6.61 Å². The van der Waals surface area contributed by atoms with Crippen molar-refractivity contribution in [2.45, 2.75) is 45.6 Å². The molecule has 2 N–H and O–H groups in total. The molecular weight excluding hydrogens is 250 g/mol. The molecule has 1 saturated heterocycles. The molecule has 4 nitrogen and oxygen atoms in total. The van der Waals surface area contributed by atoms with Crippen LogP contribution in [-0.2, 0) is 0 Å². The third-order valence-electron chi connectivity index (χ3n) is 4.73. The maximum Gasteiger partial charge on any atom is 0.0558 e. The molecule has 1 aliphatic carbocycles. The van der Waals surface area contributed by atoms with Gasteiger partial charge in [0.15, 0.2) is 0 Å². The van der Waals surface area contributed by atoms with Crippen molar-refractivity contribution in [2.75, 3.05) is 52.4 Å². The minimum absolute atomic E-state index is 0.291. The van der Waals surface area contributed by atoms with Crippen molar-refractivity contribution in [1.29, 1.82) is 0 Å². The molecule has 0 radical (unpaired) electrons. The van der Waals surface area contributed by atoms with Gasteiger partial charge in [0.1, 0.15) is 0 Å². The van der Waals surface area contributed by atoms with Crippen LogP contribution >= 0.6 is 0 Å². The van der Waals surface area contributed by atoms with E-state index in [-0.39, 0.29) is 0 Å². The molecular formula is C16H33N3O. The molecule has 1 aliphatic heterocycles. The van der Waals surface area contributed by atoms with Crippen molar-refractivity contribution in [3.8, 4) is 0 Å². The van der Waals surface area contributed by atoms with E-state index in [1.54, 1.807) is 0 Å². The summed E-state index contributed by atoms with van der Waals surface area (Å²) in [5.41, 5.74) is 0.413. The van der Waals surface area contributed by atoms with Gasteiger partial charge in [-0.25, -0.2) is 0 Å². The molecule has 118 valence electrons. The summed E-state index contributed by atoms with van der Waals surface area (Å²) in [4.78, 5) is 4.99. The fraction of sp³-hybridized carbons (Fsp3) is 1.00. The predicted octanol–water partition coefficient (Wildman–Crippen LogP) is 1.15. The lowest BCUT2D eigenvalue weighted by atomic mass is 9.84. The molecule has 0 aromatic heterocycles. The normalized spacial score (nSPS) is 24.8. The Morgan fingerprint density at radius 3 is 2.35 bits per heavy atom. The first-order valence-corrected chi connectivity index (χ1v) is 8.44.